The van der Waals surface area contributed by atoms with Gasteiger partial charge in [0.15, 0.2) is 11.5 Å². The lowest BCUT2D eigenvalue weighted by molar-refractivity contribution is 0.160. The molecule has 6 rings (SSSR count). The van der Waals surface area contributed by atoms with Crippen molar-refractivity contribution in [2.75, 3.05) is 33.9 Å². The van der Waals surface area contributed by atoms with Crippen LogP contribution in [-0.2, 0) is 19.4 Å². The second-order valence-electron chi connectivity index (χ2n) is 10.7. The lowest BCUT2D eigenvalue weighted by Crippen LogP contribution is -2.39. The van der Waals surface area contributed by atoms with E-state index in [9.17, 15) is 4.39 Å². The predicted octanol–water partition coefficient (Wildman–Crippen LogP) is 8.11. The number of fused-ring (bicyclic) bond motifs is 5. The Bertz CT molecular complexity index is 1160. The quantitative estimate of drug-likeness (QED) is 0.199. The maximum Gasteiger partial charge on any atom is 0.181 e. The molecule has 3 atom stereocenters. The number of rotatable bonds is 6. The van der Waals surface area contributed by atoms with E-state index in [2.05, 4.69) is 52.7 Å². The summed E-state index contributed by atoms with van der Waals surface area (Å²) in [4.78, 5) is 2.61. The van der Waals surface area contributed by atoms with Crippen molar-refractivity contribution >= 4 is 12.2 Å². The summed E-state index contributed by atoms with van der Waals surface area (Å²) in [5, 5.41) is 0. The summed E-state index contributed by atoms with van der Waals surface area (Å²) < 4.78 is 31.1. The van der Waals surface area contributed by atoms with E-state index in [1.807, 2.05) is 13.8 Å². The monoisotopic (exact) mass is 568 g/mol. The first-order chi connectivity index (χ1) is 19.5. The molecule has 0 amide bonds. The van der Waals surface area contributed by atoms with Crippen LogP contribution in [0, 0.1) is 11.8 Å². The van der Waals surface area contributed by atoms with Crippen LogP contribution < -0.4 is 13.7 Å². The van der Waals surface area contributed by atoms with Crippen molar-refractivity contribution < 1.29 is 18.0 Å². The zero-order valence-electron chi connectivity index (χ0n) is 24.6. The number of methoxy groups -OCH3 is 2. The summed E-state index contributed by atoms with van der Waals surface area (Å²) in [6, 6.07) is 11.4. The van der Waals surface area contributed by atoms with Crippen molar-refractivity contribution in [3.63, 3.8) is 0 Å². The fourth-order valence-electron chi connectivity index (χ4n) is 6.45. The molecule has 1 saturated carbocycles. The third kappa shape index (κ3) is 7.04. The first-order valence-electron chi connectivity index (χ1n) is 14.7. The van der Waals surface area contributed by atoms with Gasteiger partial charge in [-0.3, -0.25) is 4.90 Å². The van der Waals surface area contributed by atoms with Gasteiger partial charge in [-0.25, -0.2) is 8.70 Å². The van der Waals surface area contributed by atoms with Crippen LogP contribution in [0.2, 0.25) is 0 Å². The summed E-state index contributed by atoms with van der Waals surface area (Å²) >= 11 is 1.53. The van der Waals surface area contributed by atoms with Crippen molar-refractivity contribution in [2.24, 2.45) is 11.8 Å². The Morgan fingerprint density at radius 3 is 2.27 bits per heavy atom. The molecule has 4 aliphatic rings. The second-order valence-corrected chi connectivity index (χ2v) is 11.6. The largest absolute Gasteiger partial charge is 0.497 e. The molecular weight excluding hydrogens is 523 g/mol. The van der Waals surface area contributed by atoms with Gasteiger partial charge >= 0.3 is 0 Å². The zero-order chi connectivity index (χ0) is 28.6. The standard InChI is InChI=1S/C27H34N2O3S.C4H5F.C2H6/c1-30-23-7-8-24-18(11-23)9-10-28-15-22-14-26(31-2)27(13-21(22)12-25(24)28)32-33-29-16-19-5-3-4-6-20(19)17-29;1-3-4(2)5;1-2/h7-8,11,13-14,19-20,25H,3-6,9-10,12,15-17H2,1-2H3;3H,1-2H2;1-2H3. The van der Waals surface area contributed by atoms with Crippen molar-refractivity contribution in [1.82, 2.24) is 9.21 Å². The first-order valence-corrected chi connectivity index (χ1v) is 15.4. The molecule has 0 N–H and O–H groups in total. The number of hydrogen-bond donors (Lipinski definition) is 0. The molecule has 3 unspecified atom stereocenters. The van der Waals surface area contributed by atoms with Crippen LogP contribution in [0.1, 0.15) is 67.8 Å². The molecule has 3 aliphatic heterocycles. The van der Waals surface area contributed by atoms with Gasteiger partial charge in [0.05, 0.1) is 14.2 Å². The highest BCUT2D eigenvalue weighted by Gasteiger charge is 2.36. The third-order valence-corrected chi connectivity index (χ3v) is 9.25. The van der Waals surface area contributed by atoms with Crippen LogP contribution in [-0.4, -0.2) is 43.1 Å². The Kier molecular flexibility index (Phi) is 11.0. The van der Waals surface area contributed by atoms with Gasteiger partial charge in [0.2, 0.25) is 0 Å². The minimum Gasteiger partial charge on any atom is -0.497 e. The van der Waals surface area contributed by atoms with E-state index in [4.69, 9.17) is 13.7 Å². The molecule has 40 heavy (non-hydrogen) atoms. The number of benzene rings is 2. The first kappa shape index (κ1) is 30.5. The molecule has 2 fully saturated rings. The van der Waals surface area contributed by atoms with E-state index < -0.39 is 5.83 Å². The highest BCUT2D eigenvalue weighted by atomic mass is 32.2. The van der Waals surface area contributed by atoms with Crippen LogP contribution in [0.3, 0.4) is 0 Å². The number of nitrogens with zero attached hydrogens (tertiary/aromatic N) is 2. The molecule has 0 spiro atoms. The number of allylic oxidation sites excluding steroid dienone is 2. The van der Waals surface area contributed by atoms with E-state index in [0.29, 0.717) is 6.04 Å². The van der Waals surface area contributed by atoms with E-state index in [1.54, 1.807) is 14.2 Å². The average molecular weight is 569 g/mol. The van der Waals surface area contributed by atoms with Gasteiger partial charge in [0.1, 0.15) is 23.8 Å². The predicted molar refractivity (Wildman–Crippen MR) is 164 cm³/mol. The van der Waals surface area contributed by atoms with Crippen molar-refractivity contribution in [1.29, 1.82) is 0 Å². The molecule has 3 heterocycles. The highest BCUT2D eigenvalue weighted by molar-refractivity contribution is 7.92. The molecule has 1 saturated heterocycles. The Morgan fingerprint density at radius 1 is 0.975 bits per heavy atom. The number of hydrogen-bond acceptors (Lipinski definition) is 6. The molecule has 2 aromatic rings. The van der Waals surface area contributed by atoms with Crippen LogP contribution in [0.25, 0.3) is 0 Å². The van der Waals surface area contributed by atoms with Crippen LogP contribution in [0.5, 0.6) is 17.2 Å². The van der Waals surface area contributed by atoms with Crippen LogP contribution in [0.4, 0.5) is 4.39 Å². The minimum absolute atomic E-state index is 0.419. The maximum absolute atomic E-state index is 11.1. The van der Waals surface area contributed by atoms with Gasteiger partial charge in [-0.1, -0.05) is 45.9 Å². The minimum atomic E-state index is -0.481. The molecule has 0 aromatic heterocycles. The molecule has 2 aromatic carbocycles. The summed E-state index contributed by atoms with van der Waals surface area (Å²) in [5.74, 6) is 3.89. The van der Waals surface area contributed by atoms with E-state index in [1.165, 1.54) is 60.2 Å². The fourth-order valence-corrected chi connectivity index (χ4v) is 7.27. The lowest BCUT2D eigenvalue weighted by Gasteiger charge is -2.41. The molecule has 0 radical (unpaired) electrons. The van der Waals surface area contributed by atoms with Gasteiger partial charge < -0.3 is 13.7 Å². The molecule has 5 nitrogen and oxygen atoms in total. The van der Waals surface area contributed by atoms with Gasteiger partial charge in [-0.15, -0.1) is 0 Å². The highest BCUT2D eigenvalue weighted by Crippen LogP contribution is 2.44. The second kappa shape index (κ2) is 14.4. The van der Waals surface area contributed by atoms with E-state index >= 15 is 0 Å². The molecule has 7 heteroatoms. The molecule has 0 bridgehead atoms. The van der Waals surface area contributed by atoms with E-state index in [-0.39, 0.29) is 0 Å². The Hall–Kier alpha value is -2.48. The van der Waals surface area contributed by atoms with Gasteiger partial charge in [0, 0.05) is 32.2 Å². The molecule has 1 aliphatic carbocycles. The smallest absolute Gasteiger partial charge is 0.181 e. The Morgan fingerprint density at radius 2 is 1.65 bits per heavy atom. The Balaban J connectivity index is 0.000000479. The topological polar surface area (TPSA) is 34.2 Å². The number of ether oxygens (including phenoxy) is 2. The van der Waals surface area contributed by atoms with Crippen molar-refractivity contribution in [3.8, 4) is 17.2 Å². The SMILES string of the molecule is C=CC(=C)F.CC.COc1ccc2c(c1)CCN1Cc3cc(OC)c(OSN4CC5CCCCC5C4)cc3CC21. The van der Waals surface area contributed by atoms with Gasteiger partial charge in [-0.05, 0) is 90.1 Å². The van der Waals surface area contributed by atoms with Gasteiger partial charge in [-0.2, -0.15) is 0 Å². The summed E-state index contributed by atoms with van der Waals surface area (Å²) in [6.45, 7) is 14.3. The van der Waals surface area contributed by atoms with E-state index in [0.717, 1.165) is 74.2 Å². The van der Waals surface area contributed by atoms with Crippen molar-refractivity contribution in [3.05, 3.63) is 77.6 Å². The normalized spacial score (nSPS) is 23.0. The van der Waals surface area contributed by atoms with Crippen molar-refractivity contribution in [2.45, 2.75) is 65.0 Å². The maximum atomic E-state index is 11.1. The number of halogens is 1. The van der Waals surface area contributed by atoms with Gasteiger partial charge in [0.25, 0.3) is 0 Å². The molecular formula is C33H45FN2O3S. The summed E-state index contributed by atoms with van der Waals surface area (Å²) in [5.41, 5.74) is 5.62. The summed E-state index contributed by atoms with van der Waals surface area (Å²) in [6.07, 6.45) is 8.70. The van der Waals surface area contributed by atoms with Crippen LogP contribution >= 0.6 is 12.2 Å². The average Bonchev–Trinajstić information content (AvgIpc) is 3.42. The zero-order valence-corrected chi connectivity index (χ0v) is 25.4. The third-order valence-electron chi connectivity index (χ3n) is 8.49. The molecule has 218 valence electrons. The summed E-state index contributed by atoms with van der Waals surface area (Å²) in [7, 11) is 3.50. The fraction of sp³-hybridized carbons (Fsp3) is 0.515. The van der Waals surface area contributed by atoms with Crippen LogP contribution in [0.15, 0.2) is 55.4 Å². The lowest BCUT2D eigenvalue weighted by atomic mass is 9.82. The Labute approximate surface area is 244 Å².